The van der Waals surface area contributed by atoms with Gasteiger partial charge < -0.3 is 4.74 Å². The van der Waals surface area contributed by atoms with Gasteiger partial charge in [-0.1, -0.05) is 45.7 Å². The predicted molar refractivity (Wildman–Crippen MR) is 91.7 cm³/mol. The summed E-state index contributed by atoms with van der Waals surface area (Å²) in [6.07, 6.45) is 2.76. The Morgan fingerprint density at radius 2 is 1.90 bits per heavy atom. The summed E-state index contributed by atoms with van der Waals surface area (Å²) in [7, 11) is -2.83. The normalized spacial score (nSPS) is 22.6. The average Bonchev–Trinajstić information content (AvgIpc) is 2.75. The smallest absolute Gasteiger partial charge is 0.150 e. The molecular weight excluding hydrogens is 408 g/mol. The average molecular weight is 434 g/mol. The van der Waals surface area contributed by atoms with Crippen LogP contribution in [0.2, 0.25) is 0 Å². The van der Waals surface area contributed by atoms with Crippen molar-refractivity contribution in [1.82, 2.24) is 0 Å². The van der Waals surface area contributed by atoms with Crippen LogP contribution in [-0.2, 0) is 14.6 Å². The van der Waals surface area contributed by atoms with Gasteiger partial charge in [0.2, 0.25) is 0 Å². The van der Waals surface area contributed by atoms with Crippen LogP contribution in [0.1, 0.15) is 33.1 Å². The van der Waals surface area contributed by atoms with Crippen molar-refractivity contribution in [2.45, 2.75) is 33.1 Å². The number of hydrogen-bond acceptors (Lipinski definition) is 3. The molecule has 120 valence electrons. The number of alkyl halides is 2. The summed E-state index contributed by atoms with van der Waals surface area (Å²) in [5.74, 6) is 1.57. The second-order valence-electron chi connectivity index (χ2n) is 6.27. The standard InChI is InChI=1S/C14H26Br2O3S/c1-12(2)3-6-19-7-5-14(10-15,11-16)13-4-8-20(17,18)9-13/h12-13H,3-11H2,1-2H3. The molecule has 1 unspecified atom stereocenters. The van der Waals surface area contributed by atoms with E-state index in [4.69, 9.17) is 4.74 Å². The van der Waals surface area contributed by atoms with Crippen molar-refractivity contribution < 1.29 is 13.2 Å². The largest absolute Gasteiger partial charge is 0.381 e. The first-order valence-corrected chi connectivity index (χ1v) is 11.3. The van der Waals surface area contributed by atoms with Crippen LogP contribution in [0.25, 0.3) is 0 Å². The Hall–Kier alpha value is 0.870. The van der Waals surface area contributed by atoms with E-state index in [0.717, 1.165) is 36.5 Å². The summed E-state index contributed by atoms with van der Waals surface area (Å²) in [5.41, 5.74) is -0.0125. The first-order valence-electron chi connectivity index (χ1n) is 7.25. The Balaban J connectivity index is 2.50. The molecule has 1 fully saturated rings. The van der Waals surface area contributed by atoms with Crippen molar-refractivity contribution in [2.24, 2.45) is 17.3 Å². The van der Waals surface area contributed by atoms with E-state index in [0.29, 0.717) is 24.0 Å². The van der Waals surface area contributed by atoms with Crippen LogP contribution in [0.4, 0.5) is 0 Å². The number of ether oxygens (including phenoxy) is 1. The van der Waals surface area contributed by atoms with Crippen LogP contribution in [0.5, 0.6) is 0 Å². The number of sulfone groups is 1. The predicted octanol–water partition coefficient (Wildman–Crippen LogP) is 3.65. The Bertz CT molecular complexity index is 378. The lowest BCUT2D eigenvalue weighted by Crippen LogP contribution is -2.36. The molecule has 0 bridgehead atoms. The molecule has 1 aliphatic heterocycles. The highest BCUT2D eigenvalue weighted by Crippen LogP contribution is 2.41. The maximum absolute atomic E-state index is 11.7. The van der Waals surface area contributed by atoms with E-state index >= 15 is 0 Å². The minimum Gasteiger partial charge on any atom is -0.381 e. The molecule has 0 aliphatic carbocycles. The zero-order valence-corrected chi connectivity index (χ0v) is 16.4. The van der Waals surface area contributed by atoms with Crippen molar-refractivity contribution in [3.05, 3.63) is 0 Å². The van der Waals surface area contributed by atoms with Crippen LogP contribution in [0.3, 0.4) is 0 Å². The Morgan fingerprint density at radius 1 is 1.25 bits per heavy atom. The summed E-state index contributed by atoms with van der Waals surface area (Å²) < 4.78 is 29.1. The maximum atomic E-state index is 11.7. The fourth-order valence-electron chi connectivity index (χ4n) is 2.57. The van der Waals surface area contributed by atoms with E-state index in [2.05, 4.69) is 45.7 Å². The van der Waals surface area contributed by atoms with E-state index < -0.39 is 9.84 Å². The first-order chi connectivity index (χ1) is 9.35. The zero-order chi connectivity index (χ0) is 15.2. The van der Waals surface area contributed by atoms with Crippen LogP contribution in [0.15, 0.2) is 0 Å². The van der Waals surface area contributed by atoms with Crippen LogP contribution >= 0.6 is 31.9 Å². The molecule has 0 aromatic carbocycles. The summed E-state index contributed by atoms with van der Waals surface area (Å²) in [6.45, 7) is 5.88. The molecule has 0 saturated carbocycles. The van der Waals surface area contributed by atoms with E-state index in [-0.39, 0.29) is 11.3 Å². The van der Waals surface area contributed by atoms with Gasteiger partial charge in [0.1, 0.15) is 0 Å². The molecule has 1 atom stereocenters. The third-order valence-corrected chi connectivity index (χ3v) is 8.22. The van der Waals surface area contributed by atoms with Gasteiger partial charge in [-0.2, -0.15) is 0 Å². The molecule has 1 saturated heterocycles. The van der Waals surface area contributed by atoms with Gasteiger partial charge in [-0.05, 0) is 36.5 Å². The molecular formula is C14H26Br2O3S. The monoisotopic (exact) mass is 432 g/mol. The first kappa shape index (κ1) is 18.9. The molecule has 0 amide bonds. The lowest BCUT2D eigenvalue weighted by atomic mass is 9.76. The van der Waals surface area contributed by atoms with Crippen molar-refractivity contribution in [1.29, 1.82) is 0 Å². The molecule has 1 aliphatic rings. The van der Waals surface area contributed by atoms with Crippen molar-refractivity contribution in [2.75, 3.05) is 35.4 Å². The van der Waals surface area contributed by atoms with Crippen LogP contribution in [0, 0.1) is 17.3 Å². The topological polar surface area (TPSA) is 43.4 Å². The minimum absolute atomic E-state index is 0.0125. The van der Waals surface area contributed by atoms with Gasteiger partial charge in [0.05, 0.1) is 11.5 Å². The second kappa shape index (κ2) is 8.49. The van der Waals surface area contributed by atoms with Crippen molar-refractivity contribution in [3.8, 4) is 0 Å². The number of rotatable bonds is 9. The van der Waals surface area contributed by atoms with Gasteiger partial charge in [0.25, 0.3) is 0 Å². The third-order valence-electron chi connectivity index (χ3n) is 4.21. The molecule has 0 radical (unpaired) electrons. The summed E-state index contributed by atoms with van der Waals surface area (Å²) in [4.78, 5) is 0. The van der Waals surface area contributed by atoms with E-state index in [1.54, 1.807) is 0 Å². The Kier molecular flexibility index (Phi) is 8.03. The summed E-state index contributed by atoms with van der Waals surface area (Å²) in [6, 6.07) is 0. The summed E-state index contributed by atoms with van der Waals surface area (Å²) in [5, 5.41) is 1.64. The maximum Gasteiger partial charge on any atom is 0.150 e. The molecule has 0 aromatic rings. The molecule has 20 heavy (non-hydrogen) atoms. The number of halogens is 2. The Morgan fingerprint density at radius 3 is 2.35 bits per heavy atom. The third kappa shape index (κ3) is 5.58. The molecule has 0 N–H and O–H groups in total. The molecule has 3 nitrogen and oxygen atoms in total. The highest BCUT2D eigenvalue weighted by Gasteiger charge is 2.43. The van der Waals surface area contributed by atoms with E-state index in [1.807, 2.05) is 0 Å². The molecule has 6 heteroatoms. The molecule has 0 spiro atoms. The van der Waals surface area contributed by atoms with Gasteiger partial charge in [0, 0.05) is 23.9 Å². The van der Waals surface area contributed by atoms with Crippen LogP contribution < -0.4 is 0 Å². The van der Waals surface area contributed by atoms with E-state index in [1.165, 1.54) is 0 Å². The zero-order valence-electron chi connectivity index (χ0n) is 12.4. The van der Waals surface area contributed by atoms with Crippen molar-refractivity contribution >= 4 is 41.7 Å². The quantitative estimate of drug-likeness (QED) is 0.411. The van der Waals surface area contributed by atoms with Crippen molar-refractivity contribution in [3.63, 3.8) is 0 Å². The molecule has 0 aromatic heterocycles. The van der Waals surface area contributed by atoms with Gasteiger partial charge in [-0.3, -0.25) is 0 Å². The molecule has 1 heterocycles. The lowest BCUT2D eigenvalue weighted by Gasteiger charge is -2.35. The van der Waals surface area contributed by atoms with E-state index in [9.17, 15) is 8.42 Å². The van der Waals surface area contributed by atoms with Gasteiger partial charge >= 0.3 is 0 Å². The van der Waals surface area contributed by atoms with Gasteiger partial charge in [-0.25, -0.2) is 8.42 Å². The van der Waals surface area contributed by atoms with Crippen LogP contribution in [-0.4, -0.2) is 43.8 Å². The Labute approximate surface area is 140 Å². The molecule has 1 rings (SSSR count). The highest BCUT2D eigenvalue weighted by molar-refractivity contribution is 9.09. The minimum atomic E-state index is -2.83. The second-order valence-corrected chi connectivity index (χ2v) is 9.62. The fourth-order valence-corrected chi connectivity index (χ4v) is 6.91. The summed E-state index contributed by atoms with van der Waals surface area (Å²) >= 11 is 7.19. The SMILES string of the molecule is CC(C)CCOCCC(CBr)(CBr)C1CCS(=O)(=O)C1. The fraction of sp³-hybridized carbons (Fsp3) is 1.00. The highest BCUT2D eigenvalue weighted by atomic mass is 79.9. The lowest BCUT2D eigenvalue weighted by molar-refractivity contribution is 0.0841. The van der Waals surface area contributed by atoms with Gasteiger partial charge in [0.15, 0.2) is 9.84 Å². The number of hydrogen-bond donors (Lipinski definition) is 0. The van der Waals surface area contributed by atoms with Gasteiger partial charge in [-0.15, -0.1) is 0 Å².